The number of para-hydroxylation sites is 1. The molecule has 11 heteroatoms. The number of allylic oxidation sites excluding steroid dienone is 1. The zero-order chi connectivity index (χ0) is 38.9. The number of amides is 3. The minimum absolute atomic E-state index is 0.123. The summed E-state index contributed by atoms with van der Waals surface area (Å²) >= 11 is 0. The molecule has 294 valence electrons. The average Bonchev–Trinajstić information content (AvgIpc) is 3.66. The largest absolute Gasteiger partial charge is 0.507 e. The summed E-state index contributed by atoms with van der Waals surface area (Å²) in [5.41, 5.74) is 17.2. The monoisotopic (exact) mass is 757 g/mol. The van der Waals surface area contributed by atoms with Crippen LogP contribution in [0.3, 0.4) is 0 Å². The summed E-state index contributed by atoms with van der Waals surface area (Å²) in [4.78, 5) is 48.0. The molecule has 56 heavy (non-hydrogen) atoms. The highest BCUT2D eigenvalue weighted by atomic mass is 16.3. The number of phenolic OH excluding ortho intramolecular Hbond substituents is 1. The molecule has 0 aromatic heterocycles. The smallest absolute Gasteiger partial charge is 0.234 e. The van der Waals surface area contributed by atoms with Gasteiger partial charge in [-0.2, -0.15) is 0 Å². The zero-order valence-corrected chi connectivity index (χ0v) is 32.2. The van der Waals surface area contributed by atoms with Gasteiger partial charge in [0.2, 0.25) is 17.7 Å². The van der Waals surface area contributed by atoms with Gasteiger partial charge in [-0.3, -0.25) is 19.7 Å². The number of imide groups is 1. The van der Waals surface area contributed by atoms with E-state index in [0.717, 1.165) is 81.9 Å². The van der Waals surface area contributed by atoms with Crippen molar-refractivity contribution < 1.29 is 19.5 Å². The Hall–Kier alpha value is -5.29. The van der Waals surface area contributed by atoms with Crippen LogP contribution in [0, 0.1) is 11.3 Å². The Bertz CT molecular complexity index is 1970. The third-order valence-electron chi connectivity index (χ3n) is 13.3. The molecule has 0 bridgehead atoms. The normalized spacial score (nSPS) is 23.3. The van der Waals surface area contributed by atoms with Crippen LogP contribution in [0.15, 0.2) is 96.8 Å². The van der Waals surface area contributed by atoms with Crippen molar-refractivity contribution in [3.63, 3.8) is 0 Å². The molecule has 6 N–H and O–H groups in total. The molecule has 5 saturated heterocycles. The molecule has 0 radical (unpaired) electrons. The first-order valence-electron chi connectivity index (χ1n) is 20.3. The molecule has 1 spiro atoms. The van der Waals surface area contributed by atoms with Crippen molar-refractivity contribution in [3.8, 4) is 5.75 Å². The molecular weight excluding hydrogens is 703 g/mol. The lowest BCUT2D eigenvalue weighted by Crippen LogP contribution is -2.60. The third-order valence-corrected chi connectivity index (χ3v) is 13.3. The van der Waals surface area contributed by atoms with E-state index in [1.165, 1.54) is 5.69 Å². The Kier molecular flexibility index (Phi) is 10.5. The molecule has 3 amide bonds. The highest BCUT2D eigenvalue weighted by molar-refractivity contribution is 6.01. The molecule has 5 aliphatic rings. The lowest BCUT2D eigenvalue weighted by Gasteiger charge is -2.50. The number of carbonyl (C=O) groups excluding carboxylic acids is 3. The summed E-state index contributed by atoms with van der Waals surface area (Å²) in [6.45, 7) is 8.21. The molecule has 3 aromatic rings. The van der Waals surface area contributed by atoms with E-state index in [-0.39, 0.29) is 34.8 Å². The Morgan fingerprint density at radius 1 is 0.821 bits per heavy atom. The first-order chi connectivity index (χ1) is 27.1. The number of hydrogen-bond donors (Lipinski definition) is 4. The van der Waals surface area contributed by atoms with Crippen LogP contribution in [-0.2, 0) is 19.8 Å². The Balaban J connectivity index is 0.840. The first kappa shape index (κ1) is 37.6. The summed E-state index contributed by atoms with van der Waals surface area (Å²) < 4.78 is 0. The number of piperidine rings is 3. The van der Waals surface area contributed by atoms with Crippen LogP contribution in [0.4, 0.5) is 5.69 Å². The topological polar surface area (TPSA) is 148 Å². The minimum Gasteiger partial charge on any atom is -0.507 e. The molecule has 8 rings (SSSR count). The second kappa shape index (κ2) is 15.7. The van der Waals surface area contributed by atoms with Crippen molar-refractivity contribution in [2.45, 2.75) is 56.3 Å². The highest BCUT2D eigenvalue weighted by Crippen LogP contribution is 2.45. The van der Waals surface area contributed by atoms with Crippen molar-refractivity contribution >= 4 is 29.1 Å². The summed E-state index contributed by atoms with van der Waals surface area (Å²) in [6.07, 6.45) is 9.04. The average molecular weight is 758 g/mol. The maximum Gasteiger partial charge on any atom is 0.234 e. The predicted molar refractivity (Wildman–Crippen MR) is 218 cm³/mol. The zero-order valence-electron chi connectivity index (χ0n) is 32.2. The predicted octanol–water partition coefficient (Wildman–Crippen LogP) is 4.50. The molecular formula is C45H55N7O4. The van der Waals surface area contributed by atoms with Gasteiger partial charge in [-0.15, -0.1) is 0 Å². The van der Waals surface area contributed by atoms with Gasteiger partial charge in [0.05, 0.1) is 17.0 Å². The van der Waals surface area contributed by atoms with E-state index in [2.05, 4.69) is 49.2 Å². The van der Waals surface area contributed by atoms with Crippen molar-refractivity contribution in [3.05, 3.63) is 114 Å². The molecule has 11 nitrogen and oxygen atoms in total. The van der Waals surface area contributed by atoms with Crippen LogP contribution < -0.4 is 21.7 Å². The number of likely N-dealkylation sites (tertiary alicyclic amines) is 3. The van der Waals surface area contributed by atoms with Gasteiger partial charge < -0.3 is 36.2 Å². The van der Waals surface area contributed by atoms with Gasteiger partial charge in [-0.25, -0.2) is 0 Å². The van der Waals surface area contributed by atoms with Crippen LogP contribution in [0.2, 0.25) is 0 Å². The summed E-state index contributed by atoms with van der Waals surface area (Å²) in [5.74, 6) is 0.412. The van der Waals surface area contributed by atoms with Gasteiger partial charge in [-0.1, -0.05) is 54.6 Å². The molecule has 0 aliphatic carbocycles. The number of nitrogens with zero attached hydrogens (tertiary/aromatic N) is 4. The summed E-state index contributed by atoms with van der Waals surface area (Å²) in [7, 11) is 0. The van der Waals surface area contributed by atoms with Gasteiger partial charge in [0.15, 0.2) is 0 Å². The van der Waals surface area contributed by atoms with Crippen molar-refractivity contribution in [2.75, 3.05) is 63.8 Å². The van der Waals surface area contributed by atoms with E-state index >= 15 is 0 Å². The Morgan fingerprint density at radius 3 is 2.18 bits per heavy atom. The molecule has 1 unspecified atom stereocenters. The number of rotatable bonds is 9. The quantitative estimate of drug-likeness (QED) is 0.183. The molecule has 5 aliphatic heterocycles. The van der Waals surface area contributed by atoms with Crippen LogP contribution >= 0.6 is 0 Å². The van der Waals surface area contributed by atoms with Crippen molar-refractivity contribution in [1.82, 2.24) is 20.0 Å². The van der Waals surface area contributed by atoms with E-state index in [1.807, 2.05) is 42.5 Å². The fourth-order valence-electron chi connectivity index (χ4n) is 10.1. The molecule has 5 fully saturated rings. The summed E-state index contributed by atoms with van der Waals surface area (Å²) in [6, 6.07) is 25.7. The lowest BCUT2D eigenvalue weighted by molar-refractivity contribution is -0.139. The summed E-state index contributed by atoms with van der Waals surface area (Å²) in [5, 5.41) is 12.8. The van der Waals surface area contributed by atoms with Crippen LogP contribution in [0.25, 0.3) is 5.70 Å². The number of hydrogen-bond acceptors (Lipinski definition) is 9. The van der Waals surface area contributed by atoms with Gasteiger partial charge in [-0.05, 0) is 85.9 Å². The number of carbonyl (C=O) groups is 3. The van der Waals surface area contributed by atoms with E-state index in [4.69, 9.17) is 11.5 Å². The Morgan fingerprint density at radius 2 is 1.50 bits per heavy atom. The van der Waals surface area contributed by atoms with Crippen LogP contribution in [-0.4, -0.2) is 96.4 Å². The van der Waals surface area contributed by atoms with Crippen molar-refractivity contribution in [1.29, 1.82) is 0 Å². The number of phenols is 1. The third kappa shape index (κ3) is 7.48. The van der Waals surface area contributed by atoms with E-state index in [9.17, 15) is 19.5 Å². The van der Waals surface area contributed by atoms with Gasteiger partial charge in [0.1, 0.15) is 5.75 Å². The molecule has 1 atom stereocenters. The van der Waals surface area contributed by atoms with Crippen molar-refractivity contribution in [2.24, 2.45) is 22.8 Å². The number of nitrogens with two attached hydrogens (primary N) is 2. The standard InChI is InChI=1S/C45H55N7O4/c46-27-36(26-39(47)38-8-4-5-9-40(38)53)51-24-19-45(20-25-51,34-6-2-1-3-7-34)43(56)52-23-18-44(31-52)29-49(30-44)28-32-16-21-50(22-17-32)35-12-10-33(11-13-35)37-14-15-41(54)48-42(37)55/h1-13,26-27,32,37,53H,14-25,28-31,46-47H2,(H,48,54,55)/b36-27+,39-26-. The molecule has 3 aromatic carbocycles. The molecule has 0 saturated carbocycles. The maximum atomic E-state index is 14.7. The van der Waals surface area contributed by atoms with Crippen LogP contribution in [0.5, 0.6) is 5.75 Å². The van der Waals surface area contributed by atoms with Gasteiger partial charge in [0, 0.05) is 93.9 Å². The second-order valence-corrected chi connectivity index (χ2v) is 16.8. The van der Waals surface area contributed by atoms with Gasteiger partial charge >= 0.3 is 0 Å². The Labute approximate surface area is 330 Å². The van der Waals surface area contributed by atoms with E-state index in [1.54, 1.807) is 24.4 Å². The second-order valence-electron chi connectivity index (χ2n) is 16.8. The van der Waals surface area contributed by atoms with E-state index in [0.29, 0.717) is 56.0 Å². The highest BCUT2D eigenvalue weighted by Gasteiger charge is 2.53. The minimum atomic E-state index is -0.599. The number of anilines is 1. The van der Waals surface area contributed by atoms with Crippen LogP contribution in [0.1, 0.15) is 67.6 Å². The van der Waals surface area contributed by atoms with Gasteiger partial charge in [0.25, 0.3) is 0 Å². The fourth-order valence-corrected chi connectivity index (χ4v) is 10.1. The van der Waals surface area contributed by atoms with E-state index < -0.39 is 5.41 Å². The molecule has 5 heterocycles. The first-order valence-corrected chi connectivity index (χ1v) is 20.3. The number of benzene rings is 3. The lowest BCUT2D eigenvalue weighted by atomic mass is 9.71. The number of nitrogens with one attached hydrogen (secondary N) is 1. The SMILES string of the molecule is N/C=C(\C=C(/N)c1ccccc1O)N1CCC(C(=O)N2CCC3(CN(CC4CCN(c5ccc(C6CCC(=O)NC6=O)cc5)CC4)C3)C2)(c2ccccc2)CC1. The fraction of sp³-hybridized carbons (Fsp3) is 0.444. The number of aromatic hydroxyl groups is 1. The maximum absolute atomic E-state index is 14.7.